The Labute approximate surface area is 129 Å². The molecule has 1 amide bonds. The van der Waals surface area contributed by atoms with Crippen molar-refractivity contribution in [2.45, 2.75) is 26.4 Å². The largest absolute Gasteiger partial charge is 0.448 e. The molecule has 2 heterocycles. The second kappa shape index (κ2) is 5.77. The van der Waals surface area contributed by atoms with Gasteiger partial charge in [0.2, 0.25) is 0 Å². The molecule has 0 saturated heterocycles. The molecule has 0 unspecified atom stereocenters. The van der Waals surface area contributed by atoms with Crippen LogP contribution in [0.15, 0.2) is 44.4 Å². The molecule has 2 aromatic rings. The highest BCUT2D eigenvalue weighted by Crippen LogP contribution is 2.23. The zero-order valence-corrected chi connectivity index (χ0v) is 13.4. The Morgan fingerprint density at radius 2 is 2.05 bits per heavy atom. The van der Waals surface area contributed by atoms with Gasteiger partial charge in [0, 0.05) is 0 Å². The lowest BCUT2D eigenvalue weighted by Crippen LogP contribution is -2.26. The molecule has 21 heavy (non-hydrogen) atoms. The number of rotatable bonds is 1. The molecule has 0 radical (unpaired) electrons. The zero-order valence-electron chi connectivity index (χ0n) is 11.8. The van der Waals surface area contributed by atoms with Gasteiger partial charge in [0.25, 0.3) is 0 Å². The number of furan rings is 1. The van der Waals surface area contributed by atoms with Crippen LogP contribution in [0.1, 0.15) is 20.8 Å². The molecule has 112 valence electrons. The van der Waals surface area contributed by atoms with E-state index in [1.165, 1.54) is 6.07 Å². The summed E-state index contributed by atoms with van der Waals surface area (Å²) in [5.74, 6) is 0.436. The first-order valence-corrected chi connectivity index (χ1v) is 7.00. The van der Waals surface area contributed by atoms with Crippen molar-refractivity contribution in [1.82, 2.24) is 4.73 Å². The van der Waals surface area contributed by atoms with E-state index >= 15 is 0 Å². The molecule has 0 atom stereocenters. The smallest absolute Gasteiger partial charge is 0.436 e. The van der Waals surface area contributed by atoms with Crippen molar-refractivity contribution in [1.29, 1.82) is 0 Å². The standard InChI is InChI=1S/C14H15BrN2O4/c1-14(2,3)21-13(18)16-12-6-4-5-9(17(12)19)10-7-8-11(15)20-10/h4-8,19H,1-3H3. The molecule has 0 saturated carbocycles. The number of amides is 1. The van der Waals surface area contributed by atoms with Crippen LogP contribution in [0.3, 0.4) is 0 Å². The molecule has 0 aliphatic carbocycles. The molecule has 0 aliphatic rings. The Morgan fingerprint density at radius 1 is 1.33 bits per heavy atom. The van der Waals surface area contributed by atoms with Gasteiger partial charge in [0.05, 0.1) is 0 Å². The second-order valence-corrected chi connectivity index (χ2v) is 6.06. The average Bonchev–Trinajstić information content (AvgIpc) is 2.76. The number of hydrogen-bond acceptors (Lipinski definition) is 4. The first-order valence-electron chi connectivity index (χ1n) is 6.21. The number of halogens is 1. The van der Waals surface area contributed by atoms with E-state index in [0.29, 0.717) is 16.1 Å². The summed E-state index contributed by atoms with van der Waals surface area (Å²) in [6, 6.07) is 8.17. The molecule has 0 fully saturated rings. The number of ether oxygens (including phenoxy) is 1. The molecule has 2 rings (SSSR count). The summed E-state index contributed by atoms with van der Waals surface area (Å²) in [4.78, 5) is 15.4. The summed E-state index contributed by atoms with van der Waals surface area (Å²) in [7, 11) is 0. The Kier molecular flexibility index (Phi) is 4.22. The van der Waals surface area contributed by atoms with E-state index in [-0.39, 0.29) is 5.49 Å². The van der Waals surface area contributed by atoms with Gasteiger partial charge in [0.1, 0.15) is 11.3 Å². The van der Waals surface area contributed by atoms with Crippen LogP contribution in [0.5, 0.6) is 0 Å². The van der Waals surface area contributed by atoms with Crippen molar-refractivity contribution in [3.8, 4) is 11.5 Å². The maximum absolute atomic E-state index is 11.7. The van der Waals surface area contributed by atoms with Crippen LogP contribution in [0, 0.1) is 0 Å². The molecule has 2 aromatic heterocycles. The summed E-state index contributed by atoms with van der Waals surface area (Å²) in [5.41, 5.74) is -0.232. The third-order valence-corrected chi connectivity index (χ3v) is 2.80. The number of hydrogen-bond donors (Lipinski definition) is 1. The van der Waals surface area contributed by atoms with Crippen molar-refractivity contribution in [2.75, 3.05) is 0 Å². The van der Waals surface area contributed by atoms with Gasteiger partial charge in [0.15, 0.2) is 15.9 Å². The topological polar surface area (TPSA) is 77.0 Å². The van der Waals surface area contributed by atoms with Gasteiger partial charge in [-0.3, -0.25) is 0 Å². The molecule has 0 spiro atoms. The minimum atomic E-state index is -0.775. The predicted molar refractivity (Wildman–Crippen MR) is 78.8 cm³/mol. The van der Waals surface area contributed by atoms with Crippen molar-refractivity contribution >= 4 is 22.0 Å². The average molecular weight is 355 g/mol. The fourth-order valence-corrected chi connectivity index (χ4v) is 1.90. The van der Waals surface area contributed by atoms with Gasteiger partial charge in [-0.05, 0) is 61.0 Å². The lowest BCUT2D eigenvalue weighted by molar-refractivity contribution is 0.0587. The Morgan fingerprint density at radius 3 is 2.62 bits per heavy atom. The highest BCUT2D eigenvalue weighted by molar-refractivity contribution is 9.10. The fraction of sp³-hybridized carbons (Fsp3) is 0.286. The van der Waals surface area contributed by atoms with E-state index in [0.717, 1.165) is 4.73 Å². The van der Waals surface area contributed by atoms with Crippen LogP contribution < -0.4 is 5.49 Å². The summed E-state index contributed by atoms with van der Waals surface area (Å²) in [6.45, 7) is 5.22. The number of pyridine rings is 1. The van der Waals surface area contributed by atoms with Gasteiger partial charge in [-0.2, -0.15) is 9.72 Å². The Hall–Kier alpha value is -2.02. The Balaban J connectivity index is 2.40. The molecule has 6 nitrogen and oxygen atoms in total. The van der Waals surface area contributed by atoms with E-state index in [2.05, 4.69) is 20.9 Å². The number of aromatic nitrogens is 1. The Bertz CT molecular complexity index is 725. The van der Waals surface area contributed by atoms with Crippen LogP contribution in [0.2, 0.25) is 0 Å². The fourth-order valence-electron chi connectivity index (χ4n) is 1.59. The van der Waals surface area contributed by atoms with Crippen molar-refractivity contribution in [3.05, 3.63) is 40.5 Å². The number of carbonyl (C=O) groups is 1. The molecule has 7 heteroatoms. The van der Waals surface area contributed by atoms with E-state index in [1.807, 2.05) is 0 Å². The normalized spacial score (nSPS) is 12.5. The molecular formula is C14H15BrN2O4. The maximum Gasteiger partial charge on any atom is 0.436 e. The minimum Gasteiger partial charge on any atom is -0.448 e. The quantitative estimate of drug-likeness (QED) is 0.794. The van der Waals surface area contributed by atoms with Gasteiger partial charge >= 0.3 is 6.09 Å². The first-order chi connectivity index (χ1) is 9.76. The minimum absolute atomic E-state index is 0.0503. The van der Waals surface area contributed by atoms with E-state index in [9.17, 15) is 10.0 Å². The van der Waals surface area contributed by atoms with Crippen LogP contribution in [0.25, 0.3) is 11.5 Å². The number of nitrogens with zero attached hydrogens (tertiary/aromatic N) is 2. The SMILES string of the molecule is CC(C)(C)OC(=O)N=c1cccc(-c2ccc(Br)o2)n1O. The molecular weight excluding hydrogens is 340 g/mol. The van der Waals surface area contributed by atoms with Gasteiger partial charge in [-0.1, -0.05) is 6.07 Å². The van der Waals surface area contributed by atoms with Crippen LogP contribution in [-0.4, -0.2) is 21.6 Å². The zero-order chi connectivity index (χ0) is 15.6. The van der Waals surface area contributed by atoms with Gasteiger partial charge in [-0.15, -0.1) is 0 Å². The monoisotopic (exact) mass is 354 g/mol. The third-order valence-electron chi connectivity index (χ3n) is 2.37. The first kappa shape index (κ1) is 15.4. The summed E-state index contributed by atoms with van der Waals surface area (Å²) in [5, 5.41) is 10.1. The number of carbonyl (C=O) groups excluding carboxylic acids is 1. The van der Waals surface area contributed by atoms with Crippen LogP contribution >= 0.6 is 15.9 Å². The summed E-state index contributed by atoms with van der Waals surface area (Å²) >= 11 is 3.19. The molecule has 0 aliphatic heterocycles. The summed E-state index contributed by atoms with van der Waals surface area (Å²) in [6.07, 6.45) is -0.775. The van der Waals surface area contributed by atoms with Crippen molar-refractivity contribution in [2.24, 2.45) is 4.99 Å². The lowest BCUT2D eigenvalue weighted by Gasteiger charge is -2.17. The molecule has 1 N–H and O–H groups in total. The van der Waals surface area contributed by atoms with Gasteiger partial charge < -0.3 is 14.4 Å². The second-order valence-electron chi connectivity index (χ2n) is 5.28. The summed E-state index contributed by atoms with van der Waals surface area (Å²) < 4.78 is 11.8. The van der Waals surface area contributed by atoms with E-state index < -0.39 is 11.7 Å². The molecule has 0 bridgehead atoms. The highest BCUT2D eigenvalue weighted by Gasteiger charge is 2.16. The van der Waals surface area contributed by atoms with E-state index in [1.54, 1.807) is 45.0 Å². The van der Waals surface area contributed by atoms with Crippen LogP contribution in [-0.2, 0) is 4.74 Å². The van der Waals surface area contributed by atoms with Gasteiger partial charge in [-0.25, -0.2) is 4.79 Å². The van der Waals surface area contributed by atoms with Crippen molar-refractivity contribution in [3.63, 3.8) is 0 Å². The highest BCUT2D eigenvalue weighted by atomic mass is 79.9. The van der Waals surface area contributed by atoms with E-state index in [4.69, 9.17) is 9.15 Å². The molecule has 0 aromatic carbocycles. The van der Waals surface area contributed by atoms with Crippen molar-refractivity contribution < 1.29 is 19.2 Å². The third kappa shape index (κ3) is 3.98. The maximum atomic E-state index is 11.7. The lowest BCUT2D eigenvalue weighted by atomic mass is 10.2. The van der Waals surface area contributed by atoms with Crippen LogP contribution in [0.4, 0.5) is 4.79 Å². The predicted octanol–water partition coefficient (Wildman–Crippen LogP) is 3.58.